The summed E-state index contributed by atoms with van der Waals surface area (Å²) in [5.74, 6) is -0.186. The lowest BCUT2D eigenvalue weighted by atomic mass is 9.93. The van der Waals surface area contributed by atoms with Gasteiger partial charge in [-0.2, -0.15) is 0 Å². The first-order chi connectivity index (χ1) is 7.95. The second-order valence-corrected chi connectivity index (χ2v) is 4.97. The molecule has 1 aromatic rings. The fourth-order valence-corrected chi connectivity index (χ4v) is 1.69. The fourth-order valence-electron chi connectivity index (χ4n) is 1.69. The normalized spacial score (nSPS) is 11.3. The molecule has 17 heavy (non-hydrogen) atoms. The van der Waals surface area contributed by atoms with Crippen LogP contribution >= 0.6 is 0 Å². The van der Waals surface area contributed by atoms with Crippen LogP contribution in [0.1, 0.15) is 25.0 Å². The van der Waals surface area contributed by atoms with Gasteiger partial charge in [-0.1, -0.05) is 29.8 Å². The molecule has 0 aliphatic heterocycles. The molecule has 3 nitrogen and oxygen atoms in total. The van der Waals surface area contributed by atoms with Crippen LogP contribution in [0.2, 0.25) is 0 Å². The van der Waals surface area contributed by atoms with Crippen LogP contribution in [-0.2, 0) is 16.1 Å². The topological polar surface area (TPSA) is 38.3 Å². The smallest absolute Gasteiger partial charge is 0.312 e. The second-order valence-electron chi connectivity index (χ2n) is 4.97. The van der Waals surface area contributed by atoms with Crippen LogP contribution in [0.4, 0.5) is 0 Å². The summed E-state index contributed by atoms with van der Waals surface area (Å²) in [4.78, 5) is 11.5. The lowest BCUT2D eigenvalue weighted by Crippen LogP contribution is -2.36. The van der Waals surface area contributed by atoms with Crippen molar-refractivity contribution in [3.8, 4) is 0 Å². The van der Waals surface area contributed by atoms with Gasteiger partial charge in [0.15, 0.2) is 0 Å². The molecule has 0 unspecified atom stereocenters. The standard InChI is InChI=1S/C14H21NO2/c1-11-6-5-7-12(8-11)9-15-10-14(2,3)13(16)17-4/h5-8,15H,9-10H2,1-4H3. The van der Waals surface area contributed by atoms with Gasteiger partial charge in [-0.3, -0.25) is 4.79 Å². The molecule has 0 spiro atoms. The Bertz CT molecular complexity index is 386. The van der Waals surface area contributed by atoms with Crippen molar-refractivity contribution in [2.45, 2.75) is 27.3 Å². The van der Waals surface area contributed by atoms with Crippen LogP contribution in [0.5, 0.6) is 0 Å². The lowest BCUT2D eigenvalue weighted by Gasteiger charge is -2.21. The molecule has 1 aromatic carbocycles. The van der Waals surface area contributed by atoms with Crippen molar-refractivity contribution in [3.63, 3.8) is 0 Å². The molecule has 0 aromatic heterocycles. The van der Waals surface area contributed by atoms with Crippen LogP contribution in [0.15, 0.2) is 24.3 Å². The summed E-state index contributed by atoms with van der Waals surface area (Å²) in [6, 6.07) is 8.32. The van der Waals surface area contributed by atoms with E-state index in [-0.39, 0.29) is 5.97 Å². The van der Waals surface area contributed by atoms with Crippen molar-refractivity contribution in [2.24, 2.45) is 5.41 Å². The Morgan fingerprint density at radius 3 is 2.71 bits per heavy atom. The third kappa shape index (κ3) is 4.19. The van der Waals surface area contributed by atoms with Crippen LogP contribution in [0.25, 0.3) is 0 Å². The van der Waals surface area contributed by atoms with Crippen molar-refractivity contribution in [2.75, 3.05) is 13.7 Å². The van der Waals surface area contributed by atoms with Gasteiger partial charge in [0.05, 0.1) is 12.5 Å². The molecule has 0 heterocycles. The highest BCUT2D eigenvalue weighted by molar-refractivity contribution is 5.76. The maximum atomic E-state index is 11.5. The molecule has 0 aliphatic rings. The number of carbonyl (C=O) groups excluding carboxylic acids is 1. The van der Waals surface area contributed by atoms with Crippen molar-refractivity contribution in [1.82, 2.24) is 5.32 Å². The zero-order chi connectivity index (χ0) is 12.9. The molecule has 3 heteroatoms. The molecule has 0 amide bonds. The summed E-state index contributed by atoms with van der Waals surface area (Å²) in [6.45, 7) is 7.20. The molecule has 94 valence electrons. The highest BCUT2D eigenvalue weighted by Crippen LogP contribution is 2.15. The quantitative estimate of drug-likeness (QED) is 0.796. The van der Waals surface area contributed by atoms with Crippen molar-refractivity contribution < 1.29 is 9.53 Å². The Kier molecular flexibility index (Phi) is 4.70. The SMILES string of the molecule is COC(=O)C(C)(C)CNCc1cccc(C)c1. The summed E-state index contributed by atoms with van der Waals surface area (Å²) in [5.41, 5.74) is 1.99. The van der Waals surface area contributed by atoms with E-state index in [1.165, 1.54) is 18.2 Å². The Morgan fingerprint density at radius 2 is 2.12 bits per heavy atom. The van der Waals surface area contributed by atoms with Crippen molar-refractivity contribution in [3.05, 3.63) is 35.4 Å². The number of hydrogen-bond donors (Lipinski definition) is 1. The van der Waals surface area contributed by atoms with E-state index < -0.39 is 5.41 Å². The number of aryl methyl sites for hydroxylation is 1. The predicted molar refractivity (Wildman–Crippen MR) is 68.7 cm³/mol. The van der Waals surface area contributed by atoms with Gasteiger partial charge in [0, 0.05) is 13.1 Å². The van der Waals surface area contributed by atoms with Crippen LogP contribution in [-0.4, -0.2) is 19.6 Å². The monoisotopic (exact) mass is 235 g/mol. The first-order valence-electron chi connectivity index (χ1n) is 5.80. The predicted octanol–water partition coefficient (Wildman–Crippen LogP) is 2.28. The molecule has 0 aliphatic carbocycles. The van der Waals surface area contributed by atoms with Gasteiger partial charge in [0.1, 0.15) is 0 Å². The van der Waals surface area contributed by atoms with Gasteiger partial charge in [-0.25, -0.2) is 0 Å². The summed E-state index contributed by atoms with van der Waals surface area (Å²) in [7, 11) is 1.42. The average Bonchev–Trinajstić information content (AvgIpc) is 2.27. The van der Waals surface area contributed by atoms with E-state index in [2.05, 4.69) is 30.4 Å². The summed E-state index contributed by atoms with van der Waals surface area (Å²) in [6.07, 6.45) is 0. The molecule has 1 rings (SSSR count). The van der Waals surface area contributed by atoms with E-state index >= 15 is 0 Å². The Balaban J connectivity index is 2.45. The number of ether oxygens (including phenoxy) is 1. The minimum Gasteiger partial charge on any atom is -0.469 e. The Hall–Kier alpha value is -1.35. The molecule has 1 N–H and O–H groups in total. The van der Waals surface area contributed by atoms with Gasteiger partial charge < -0.3 is 10.1 Å². The number of benzene rings is 1. The maximum Gasteiger partial charge on any atom is 0.312 e. The molecule has 0 radical (unpaired) electrons. The summed E-state index contributed by atoms with van der Waals surface area (Å²) < 4.78 is 4.76. The number of rotatable bonds is 5. The first kappa shape index (κ1) is 13.7. The lowest BCUT2D eigenvalue weighted by molar-refractivity contribution is -0.150. The van der Waals surface area contributed by atoms with E-state index in [9.17, 15) is 4.79 Å². The van der Waals surface area contributed by atoms with E-state index in [1.54, 1.807) is 0 Å². The van der Waals surface area contributed by atoms with E-state index in [4.69, 9.17) is 4.74 Å². The number of nitrogens with one attached hydrogen (secondary N) is 1. The van der Waals surface area contributed by atoms with Gasteiger partial charge in [0.25, 0.3) is 0 Å². The number of esters is 1. The van der Waals surface area contributed by atoms with Gasteiger partial charge in [-0.15, -0.1) is 0 Å². The minimum atomic E-state index is -0.488. The summed E-state index contributed by atoms with van der Waals surface area (Å²) >= 11 is 0. The minimum absolute atomic E-state index is 0.186. The summed E-state index contributed by atoms with van der Waals surface area (Å²) in [5, 5.41) is 3.28. The van der Waals surface area contributed by atoms with Crippen LogP contribution < -0.4 is 5.32 Å². The highest BCUT2D eigenvalue weighted by atomic mass is 16.5. The molecule has 0 saturated carbocycles. The molecule has 0 bridgehead atoms. The fraction of sp³-hybridized carbons (Fsp3) is 0.500. The molecular formula is C14H21NO2. The van der Waals surface area contributed by atoms with E-state index in [1.807, 2.05) is 19.9 Å². The highest BCUT2D eigenvalue weighted by Gasteiger charge is 2.27. The molecular weight excluding hydrogens is 214 g/mol. The maximum absolute atomic E-state index is 11.5. The first-order valence-corrected chi connectivity index (χ1v) is 5.80. The molecule has 0 fully saturated rings. The average molecular weight is 235 g/mol. The van der Waals surface area contributed by atoms with Crippen molar-refractivity contribution >= 4 is 5.97 Å². The number of hydrogen-bond acceptors (Lipinski definition) is 3. The Labute approximate surface area is 103 Å². The molecule has 0 atom stereocenters. The van der Waals surface area contributed by atoms with E-state index in [0.29, 0.717) is 6.54 Å². The molecule has 0 saturated heterocycles. The number of methoxy groups -OCH3 is 1. The Morgan fingerprint density at radius 1 is 1.41 bits per heavy atom. The zero-order valence-corrected chi connectivity index (χ0v) is 11.0. The largest absolute Gasteiger partial charge is 0.469 e. The van der Waals surface area contributed by atoms with Gasteiger partial charge >= 0.3 is 5.97 Å². The third-order valence-corrected chi connectivity index (χ3v) is 2.72. The second kappa shape index (κ2) is 5.82. The van der Waals surface area contributed by atoms with Gasteiger partial charge in [-0.05, 0) is 26.3 Å². The van der Waals surface area contributed by atoms with Crippen molar-refractivity contribution in [1.29, 1.82) is 0 Å². The zero-order valence-electron chi connectivity index (χ0n) is 11.0. The van der Waals surface area contributed by atoms with E-state index in [0.717, 1.165) is 6.54 Å². The van der Waals surface area contributed by atoms with Crippen LogP contribution in [0, 0.1) is 12.3 Å². The third-order valence-electron chi connectivity index (χ3n) is 2.72. The van der Waals surface area contributed by atoms with Gasteiger partial charge in [0.2, 0.25) is 0 Å². The van der Waals surface area contributed by atoms with Crippen LogP contribution in [0.3, 0.4) is 0 Å². The number of carbonyl (C=O) groups is 1.